The van der Waals surface area contributed by atoms with Crippen LogP contribution < -0.4 is 5.32 Å². The Kier molecular flexibility index (Phi) is 7.90. The molecule has 19 heavy (non-hydrogen) atoms. The summed E-state index contributed by atoms with van der Waals surface area (Å²) in [6.07, 6.45) is 5.52. The molecule has 0 saturated carbocycles. The lowest BCUT2D eigenvalue weighted by Crippen LogP contribution is -2.44. The third-order valence-corrected chi connectivity index (χ3v) is 4.12. The first-order valence-corrected chi connectivity index (χ1v) is 8.24. The monoisotopic (exact) mass is 288 g/mol. The Hall–Kier alpha value is -0.750. The Morgan fingerprint density at radius 2 is 2.00 bits per heavy atom. The summed E-state index contributed by atoms with van der Waals surface area (Å²) in [5, 5.41) is 12.0. The van der Waals surface area contributed by atoms with Gasteiger partial charge in [-0.15, -0.1) is 0 Å². The van der Waals surface area contributed by atoms with E-state index >= 15 is 0 Å². The Morgan fingerprint density at radius 3 is 2.58 bits per heavy atom. The largest absolute Gasteiger partial charge is 0.481 e. The molecule has 0 aliphatic carbocycles. The molecular formula is C13H24N2O3S. The number of carbonyl (C=O) groups excluding carboxylic acids is 1. The minimum absolute atomic E-state index is 0.0914. The van der Waals surface area contributed by atoms with Crippen molar-refractivity contribution in [2.24, 2.45) is 5.92 Å². The number of carboxylic acids is 1. The van der Waals surface area contributed by atoms with Crippen LogP contribution in [0.3, 0.4) is 0 Å². The lowest BCUT2D eigenvalue weighted by molar-refractivity contribution is -0.145. The number of carboxylic acid groups (broad SMARTS) is 1. The van der Waals surface area contributed by atoms with Crippen LogP contribution in [0.15, 0.2) is 0 Å². The van der Waals surface area contributed by atoms with Crippen molar-refractivity contribution in [3.8, 4) is 0 Å². The Labute approximate surface area is 119 Å². The van der Waals surface area contributed by atoms with Crippen molar-refractivity contribution in [1.29, 1.82) is 0 Å². The number of amides is 1. The topological polar surface area (TPSA) is 69.6 Å². The lowest BCUT2D eigenvalue weighted by Gasteiger charge is -2.30. The first kappa shape index (κ1) is 16.3. The number of thioether (sulfide) groups is 1. The molecular weight excluding hydrogens is 264 g/mol. The van der Waals surface area contributed by atoms with Crippen LogP contribution in [0.1, 0.15) is 25.7 Å². The molecule has 0 aromatic heterocycles. The van der Waals surface area contributed by atoms with Gasteiger partial charge in [0.25, 0.3) is 0 Å². The quantitative estimate of drug-likeness (QED) is 0.653. The molecule has 1 aliphatic rings. The molecule has 6 heteroatoms. The van der Waals surface area contributed by atoms with E-state index in [4.69, 9.17) is 5.11 Å². The van der Waals surface area contributed by atoms with Crippen LogP contribution >= 0.6 is 11.8 Å². The van der Waals surface area contributed by atoms with E-state index in [0.29, 0.717) is 32.5 Å². The number of hydrogen-bond acceptors (Lipinski definition) is 4. The van der Waals surface area contributed by atoms with Crippen LogP contribution in [-0.2, 0) is 9.59 Å². The predicted molar refractivity (Wildman–Crippen MR) is 77.4 cm³/mol. The third-order valence-electron chi connectivity index (χ3n) is 3.43. The summed E-state index contributed by atoms with van der Waals surface area (Å²) in [4.78, 5) is 24.5. The first-order valence-electron chi connectivity index (χ1n) is 6.85. The van der Waals surface area contributed by atoms with Gasteiger partial charge in [-0.2, -0.15) is 11.8 Å². The molecule has 1 saturated heterocycles. The van der Waals surface area contributed by atoms with Gasteiger partial charge in [-0.3, -0.25) is 9.59 Å². The normalized spacial score (nSPS) is 16.6. The van der Waals surface area contributed by atoms with Crippen molar-refractivity contribution >= 4 is 23.6 Å². The highest BCUT2D eigenvalue weighted by molar-refractivity contribution is 7.98. The molecule has 110 valence electrons. The average molecular weight is 288 g/mol. The van der Waals surface area contributed by atoms with Gasteiger partial charge in [0.05, 0.1) is 12.5 Å². The highest BCUT2D eigenvalue weighted by atomic mass is 32.2. The minimum atomic E-state index is -0.737. The Morgan fingerprint density at radius 1 is 1.32 bits per heavy atom. The first-order chi connectivity index (χ1) is 9.15. The number of nitrogens with zero attached hydrogens (tertiary/aromatic N) is 1. The van der Waals surface area contributed by atoms with Gasteiger partial charge in [-0.1, -0.05) is 0 Å². The zero-order valence-electron chi connectivity index (χ0n) is 11.6. The fourth-order valence-electron chi connectivity index (χ4n) is 2.18. The molecule has 0 spiro atoms. The SMILES string of the molecule is CSCCCCNCC(=O)N1CCC(C(=O)O)CC1. The number of hydrogen-bond donors (Lipinski definition) is 2. The zero-order chi connectivity index (χ0) is 14.1. The Balaban J connectivity index is 2.09. The smallest absolute Gasteiger partial charge is 0.306 e. The maximum atomic E-state index is 11.9. The van der Waals surface area contributed by atoms with Crippen LogP contribution in [0.5, 0.6) is 0 Å². The fraction of sp³-hybridized carbons (Fsp3) is 0.846. The summed E-state index contributed by atoms with van der Waals surface area (Å²) in [5.41, 5.74) is 0. The zero-order valence-corrected chi connectivity index (χ0v) is 12.4. The third kappa shape index (κ3) is 6.29. The molecule has 0 unspecified atom stereocenters. The molecule has 1 amide bonds. The average Bonchev–Trinajstić information content (AvgIpc) is 2.42. The van der Waals surface area contributed by atoms with E-state index in [1.807, 2.05) is 11.8 Å². The number of carbonyl (C=O) groups is 2. The second kappa shape index (κ2) is 9.20. The summed E-state index contributed by atoms with van der Waals surface area (Å²) in [6.45, 7) is 2.39. The van der Waals surface area contributed by atoms with E-state index in [1.165, 1.54) is 12.2 Å². The molecule has 0 radical (unpaired) electrons. The van der Waals surface area contributed by atoms with Crippen molar-refractivity contribution < 1.29 is 14.7 Å². The molecule has 1 rings (SSSR count). The predicted octanol–water partition coefficient (Wildman–Crippen LogP) is 1.04. The van der Waals surface area contributed by atoms with Crippen LogP contribution in [0.2, 0.25) is 0 Å². The van der Waals surface area contributed by atoms with E-state index in [9.17, 15) is 9.59 Å². The van der Waals surface area contributed by atoms with Crippen molar-refractivity contribution in [3.05, 3.63) is 0 Å². The maximum absolute atomic E-state index is 11.9. The number of nitrogens with one attached hydrogen (secondary N) is 1. The van der Waals surface area contributed by atoms with E-state index < -0.39 is 5.97 Å². The van der Waals surface area contributed by atoms with Crippen LogP contribution in [0.4, 0.5) is 0 Å². The minimum Gasteiger partial charge on any atom is -0.481 e. The molecule has 1 fully saturated rings. The van der Waals surface area contributed by atoms with Gasteiger partial charge < -0.3 is 15.3 Å². The summed E-state index contributed by atoms with van der Waals surface area (Å²) < 4.78 is 0. The maximum Gasteiger partial charge on any atom is 0.306 e. The molecule has 0 aromatic carbocycles. The number of likely N-dealkylation sites (tertiary alicyclic amines) is 1. The van der Waals surface area contributed by atoms with Crippen LogP contribution in [0.25, 0.3) is 0 Å². The molecule has 0 atom stereocenters. The second-order valence-corrected chi connectivity index (χ2v) is 5.86. The summed E-state index contributed by atoms with van der Waals surface area (Å²) in [6, 6.07) is 0. The second-order valence-electron chi connectivity index (χ2n) is 4.87. The van der Waals surface area contributed by atoms with Crippen molar-refractivity contribution in [2.45, 2.75) is 25.7 Å². The molecule has 2 N–H and O–H groups in total. The number of aliphatic carboxylic acids is 1. The van der Waals surface area contributed by atoms with Gasteiger partial charge in [0.1, 0.15) is 0 Å². The summed E-state index contributed by atoms with van der Waals surface area (Å²) >= 11 is 1.84. The van der Waals surface area contributed by atoms with E-state index in [-0.39, 0.29) is 11.8 Å². The van der Waals surface area contributed by atoms with Gasteiger partial charge in [0.15, 0.2) is 0 Å². The van der Waals surface area contributed by atoms with E-state index in [0.717, 1.165) is 13.0 Å². The van der Waals surface area contributed by atoms with Gasteiger partial charge in [-0.25, -0.2) is 0 Å². The molecule has 1 aliphatic heterocycles. The summed E-state index contributed by atoms with van der Waals surface area (Å²) in [7, 11) is 0. The molecule has 0 aromatic rings. The highest BCUT2D eigenvalue weighted by Crippen LogP contribution is 2.17. The van der Waals surface area contributed by atoms with Gasteiger partial charge in [0.2, 0.25) is 5.91 Å². The van der Waals surface area contributed by atoms with Gasteiger partial charge in [-0.05, 0) is 44.2 Å². The number of rotatable bonds is 8. The van der Waals surface area contributed by atoms with Crippen molar-refractivity contribution in [1.82, 2.24) is 10.2 Å². The van der Waals surface area contributed by atoms with Gasteiger partial charge in [0, 0.05) is 13.1 Å². The van der Waals surface area contributed by atoms with Gasteiger partial charge >= 0.3 is 5.97 Å². The van der Waals surface area contributed by atoms with E-state index in [2.05, 4.69) is 11.6 Å². The standard InChI is InChI=1S/C13H24N2O3S/c1-19-9-3-2-6-14-10-12(16)15-7-4-11(5-8-15)13(17)18/h11,14H,2-10H2,1H3,(H,17,18). The molecule has 1 heterocycles. The Bertz CT molecular complexity index is 292. The molecule has 0 bridgehead atoms. The highest BCUT2D eigenvalue weighted by Gasteiger charge is 2.26. The lowest BCUT2D eigenvalue weighted by atomic mass is 9.97. The van der Waals surface area contributed by atoms with Crippen LogP contribution in [-0.4, -0.2) is 60.1 Å². The fourth-order valence-corrected chi connectivity index (χ4v) is 2.67. The van der Waals surface area contributed by atoms with Crippen molar-refractivity contribution in [3.63, 3.8) is 0 Å². The van der Waals surface area contributed by atoms with Crippen LogP contribution in [0, 0.1) is 5.92 Å². The summed E-state index contributed by atoms with van der Waals surface area (Å²) in [5.74, 6) is 0.245. The number of unbranched alkanes of at least 4 members (excludes halogenated alkanes) is 1. The molecule has 5 nitrogen and oxygen atoms in total. The van der Waals surface area contributed by atoms with E-state index in [1.54, 1.807) is 4.90 Å². The van der Waals surface area contributed by atoms with Crippen molar-refractivity contribution in [2.75, 3.05) is 38.2 Å². The number of piperidine rings is 1.